The molecule has 2 saturated heterocycles. The Kier molecular flexibility index (Phi) is 4.17. The quantitative estimate of drug-likeness (QED) is 0.788. The molecule has 2 aromatic rings. The van der Waals surface area contributed by atoms with Crippen molar-refractivity contribution >= 4 is 16.9 Å². The first-order chi connectivity index (χ1) is 12.2. The lowest BCUT2D eigenvalue weighted by Gasteiger charge is -2.34. The minimum Gasteiger partial charge on any atom is -0.378 e. The average Bonchev–Trinajstić information content (AvgIpc) is 3.14. The van der Waals surface area contributed by atoms with Gasteiger partial charge in [-0.15, -0.1) is 0 Å². The summed E-state index contributed by atoms with van der Waals surface area (Å²) in [4.78, 5) is 34.0. The first kappa shape index (κ1) is 16.1. The summed E-state index contributed by atoms with van der Waals surface area (Å²) in [6, 6.07) is 7.23. The molecule has 1 aromatic carbocycles. The second kappa shape index (κ2) is 6.48. The van der Waals surface area contributed by atoms with Crippen molar-refractivity contribution in [2.45, 2.75) is 18.9 Å². The summed E-state index contributed by atoms with van der Waals surface area (Å²) in [6.07, 6.45) is 1.75. The molecule has 1 unspecified atom stereocenters. The maximum absolute atomic E-state index is 12.9. The zero-order valence-electron chi connectivity index (χ0n) is 14.4. The predicted octanol–water partition coefficient (Wildman–Crippen LogP) is 1.52. The van der Waals surface area contributed by atoms with Crippen LogP contribution >= 0.6 is 0 Å². The van der Waals surface area contributed by atoms with Crippen molar-refractivity contribution in [2.24, 2.45) is 7.05 Å². The third-order valence-electron chi connectivity index (χ3n) is 5.10. The highest BCUT2D eigenvalue weighted by atomic mass is 16.5. The normalized spacial score (nSPS) is 21.1. The van der Waals surface area contributed by atoms with Gasteiger partial charge in [0.15, 0.2) is 0 Å². The van der Waals surface area contributed by atoms with Gasteiger partial charge in [-0.1, -0.05) is 12.1 Å². The van der Waals surface area contributed by atoms with Gasteiger partial charge in [-0.05, 0) is 25.0 Å². The van der Waals surface area contributed by atoms with Gasteiger partial charge in [-0.3, -0.25) is 9.36 Å². The topological polar surface area (TPSA) is 67.7 Å². The Morgan fingerprint density at radius 2 is 1.96 bits per heavy atom. The number of morpholine rings is 1. The summed E-state index contributed by atoms with van der Waals surface area (Å²) < 4.78 is 6.93. The number of urea groups is 1. The van der Waals surface area contributed by atoms with Gasteiger partial charge in [-0.2, -0.15) is 0 Å². The molecule has 2 aliphatic rings. The Hall–Kier alpha value is -2.41. The van der Waals surface area contributed by atoms with Crippen LogP contribution in [0, 0.1) is 0 Å². The van der Waals surface area contributed by atoms with E-state index in [4.69, 9.17) is 9.72 Å². The van der Waals surface area contributed by atoms with Crippen molar-refractivity contribution in [1.29, 1.82) is 0 Å². The van der Waals surface area contributed by atoms with Crippen LogP contribution in [0.2, 0.25) is 0 Å². The standard InChI is InChI=1S/C18H22N4O3/c1-20-16(19-14-6-3-2-5-13(14)17(20)23)15-7-4-8-22(15)18(24)21-9-11-25-12-10-21/h2-3,5-6,15H,4,7-12H2,1H3. The first-order valence-corrected chi connectivity index (χ1v) is 8.76. The highest BCUT2D eigenvalue weighted by Gasteiger charge is 2.35. The van der Waals surface area contributed by atoms with Gasteiger partial charge in [0.2, 0.25) is 0 Å². The summed E-state index contributed by atoms with van der Waals surface area (Å²) in [5.41, 5.74) is 0.623. The van der Waals surface area contributed by atoms with Crippen LogP contribution in [0.4, 0.5) is 4.79 Å². The number of aromatic nitrogens is 2. The number of carbonyl (C=O) groups is 1. The second-order valence-corrected chi connectivity index (χ2v) is 6.58. The van der Waals surface area contributed by atoms with E-state index in [-0.39, 0.29) is 17.6 Å². The van der Waals surface area contributed by atoms with Crippen LogP contribution < -0.4 is 5.56 Å². The third-order valence-corrected chi connectivity index (χ3v) is 5.10. The maximum Gasteiger partial charge on any atom is 0.320 e. The number of likely N-dealkylation sites (tertiary alicyclic amines) is 1. The van der Waals surface area contributed by atoms with Gasteiger partial charge >= 0.3 is 6.03 Å². The molecular weight excluding hydrogens is 320 g/mol. The summed E-state index contributed by atoms with van der Waals surface area (Å²) in [7, 11) is 1.74. The number of carbonyl (C=O) groups excluding carboxylic acids is 1. The molecule has 132 valence electrons. The molecule has 2 fully saturated rings. The molecule has 3 heterocycles. The fraction of sp³-hybridized carbons (Fsp3) is 0.500. The van der Waals surface area contributed by atoms with Crippen LogP contribution in [-0.2, 0) is 11.8 Å². The highest BCUT2D eigenvalue weighted by Crippen LogP contribution is 2.31. The van der Waals surface area contributed by atoms with E-state index in [9.17, 15) is 9.59 Å². The molecule has 7 heteroatoms. The van der Waals surface area contributed by atoms with E-state index in [1.54, 1.807) is 17.7 Å². The van der Waals surface area contributed by atoms with E-state index in [0.29, 0.717) is 49.6 Å². The lowest BCUT2D eigenvalue weighted by molar-refractivity contribution is 0.0417. The lowest BCUT2D eigenvalue weighted by Crippen LogP contribution is -2.48. The number of amides is 2. The van der Waals surface area contributed by atoms with Gasteiger partial charge in [0.1, 0.15) is 5.82 Å². The monoisotopic (exact) mass is 342 g/mol. The van der Waals surface area contributed by atoms with Gasteiger partial charge in [0.05, 0.1) is 30.2 Å². The number of nitrogens with zero attached hydrogens (tertiary/aromatic N) is 4. The van der Waals surface area contributed by atoms with E-state index < -0.39 is 0 Å². The minimum atomic E-state index is -0.155. The highest BCUT2D eigenvalue weighted by molar-refractivity contribution is 5.78. The summed E-state index contributed by atoms with van der Waals surface area (Å²) in [5.74, 6) is 0.669. The number of benzene rings is 1. The summed E-state index contributed by atoms with van der Waals surface area (Å²) in [6.45, 7) is 3.09. The SMILES string of the molecule is Cn1c(C2CCCN2C(=O)N2CCOCC2)nc2ccccc2c1=O. The fourth-order valence-electron chi connectivity index (χ4n) is 3.73. The number of fused-ring (bicyclic) bond motifs is 1. The molecule has 2 aliphatic heterocycles. The van der Waals surface area contributed by atoms with E-state index in [1.165, 1.54) is 0 Å². The van der Waals surface area contributed by atoms with Crippen molar-refractivity contribution in [3.8, 4) is 0 Å². The molecule has 0 spiro atoms. The smallest absolute Gasteiger partial charge is 0.320 e. The van der Waals surface area contributed by atoms with E-state index in [1.807, 2.05) is 28.0 Å². The molecule has 25 heavy (non-hydrogen) atoms. The van der Waals surface area contributed by atoms with Gasteiger partial charge in [0, 0.05) is 26.7 Å². The lowest BCUT2D eigenvalue weighted by atomic mass is 10.1. The largest absolute Gasteiger partial charge is 0.378 e. The average molecular weight is 342 g/mol. The van der Waals surface area contributed by atoms with E-state index in [2.05, 4.69) is 0 Å². The summed E-state index contributed by atoms with van der Waals surface area (Å²) in [5, 5.41) is 0.609. The van der Waals surface area contributed by atoms with Gasteiger partial charge in [0.25, 0.3) is 5.56 Å². The molecule has 0 saturated carbocycles. The number of hydrogen-bond acceptors (Lipinski definition) is 4. The molecule has 2 amide bonds. The second-order valence-electron chi connectivity index (χ2n) is 6.58. The molecule has 0 bridgehead atoms. The van der Waals surface area contributed by atoms with Crippen LogP contribution in [0.1, 0.15) is 24.7 Å². The van der Waals surface area contributed by atoms with Crippen molar-refractivity contribution in [1.82, 2.24) is 19.4 Å². The molecule has 1 aromatic heterocycles. The van der Waals surface area contributed by atoms with Crippen LogP contribution in [0.3, 0.4) is 0 Å². The number of rotatable bonds is 1. The van der Waals surface area contributed by atoms with E-state index >= 15 is 0 Å². The minimum absolute atomic E-state index is 0.0215. The summed E-state index contributed by atoms with van der Waals surface area (Å²) >= 11 is 0. The number of para-hydroxylation sites is 1. The van der Waals surface area contributed by atoms with Crippen LogP contribution in [0.5, 0.6) is 0 Å². The van der Waals surface area contributed by atoms with Crippen LogP contribution in [0.15, 0.2) is 29.1 Å². The van der Waals surface area contributed by atoms with Crippen molar-refractivity contribution in [2.75, 3.05) is 32.8 Å². The Morgan fingerprint density at radius 3 is 2.76 bits per heavy atom. The van der Waals surface area contributed by atoms with Gasteiger partial charge in [-0.25, -0.2) is 9.78 Å². The first-order valence-electron chi connectivity index (χ1n) is 8.76. The van der Waals surface area contributed by atoms with Crippen molar-refractivity contribution < 1.29 is 9.53 Å². The molecule has 4 rings (SSSR count). The van der Waals surface area contributed by atoms with Crippen LogP contribution in [0.25, 0.3) is 10.9 Å². The van der Waals surface area contributed by atoms with E-state index in [0.717, 1.165) is 12.8 Å². The Morgan fingerprint density at radius 1 is 1.20 bits per heavy atom. The zero-order valence-corrected chi connectivity index (χ0v) is 14.4. The van der Waals surface area contributed by atoms with Crippen molar-refractivity contribution in [3.05, 3.63) is 40.4 Å². The van der Waals surface area contributed by atoms with Crippen molar-refractivity contribution in [3.63, 3.8) is 0 Å². The Bertz CT molecular complexity index is 857. The zero-order chi connectivity index (χ0) is 17.4. The molecule has 1 atom stereocenters. The predicted molar refractivity (Wildman–Crippen MR) is 93.5 cm³/mol. The fourth-order valence-corrected chi connectivity index (χ4v) is 3.73. The molecule has 0 radical (unpaired) electrons. The molecule has 0 aliphatic carbocycles. The molecule has 0 N–H and O–H groups in total. The maximum atomic E-state index is 12.9. The Balaban J connectivity index is 1.70. The Labute approximate surface area is 145 Å². The van der Waals surface area contributed by atoms with Crippen LogP contribution in [-0.4, -0.2) is 58.2 Å². The molecule has 7 nitrogen and oxygen atoms in total. The number of hydrogen-bond donors (Lipinski definition) is 0. The van der Waals surface area contributed by atoms with Gasteiger partial charge < -0.3 is 14.5 Å². The third kappa shape index (κ3) is 2.78. The molecular formula is C18H22N4O3. The number of ether oxygens (including phenoxy) is 1.